The lowest BCUT2D eigenvalue weighted by Gasteiger charge is -2.22. The zero-order valence-corrected chi connectivity index (χ0v) is 11.5. The van der Waals surface area contributed by atoms with E-state index in [9.17, 15) is 17.6 Å². The maximum absolute atomic E-state index is 13.1. The molecule has 0 bridgehead atoms. The van der Waals surface area contributed by atoms with E-state index in [-0.39, 0.29) is 17.4 Å². The largest absolute Gasteiger partial charge is 0.480 e. The zero-order valence-electron chi connectivity index (χ0n) is 10.7. The first-order valence-corrected chi connectivity index (χ1v) is 7.15. The molecule has 19 heavy (non-hydrogen) atoms. The van der Waals surface area contributed by atoms with E-state index in [0.717, 1.165) is 16.4 Å². The zero-order chi connectivity index (χ0) is 14.6. The van der Waals surface area contributed by atoms with E-state index in [1.807, 2.05) is 0 Å². The Labute approximate surface area is 111 Å². The number of sulfonamides is 1. The van der Waals surface area contributed by atoms with Crippen molar-refractivity contribution in [1.82, 2.24) is 4.31 Å². The van der Waals surface area contributed by atoms with Gasteiger partial charge in [0.2, 0.25) is 10.0 Å². The number of halogens is 1. The first kappa shape index (κ1) is 15.6. The van der Waals surface area contributed by atoms with E-state index in [2.05, 4.69) is 0 Å². The third kappa shape index (κ3) is 4.29. The van der Waals surface area contributed by atoms with Crippen molar-refractivity contribution in [2.45, 2.75) is 18.7 Å². The molecule has 0 radical (unpaired) electrons. The van der Waals surface area contributed by atoms with Crippen LogP contribution in [0.1, 0.15) is 13.8 Å². The third-order valence-electron chi connectivity index (χ3n) is 2.31. The number of carboxylic acid groups (broad SMARTS) is 1. The molecule has 0 aliphatic carbocycles. The van der Waals surface area contributed by atoms with Gasteiger partial charge in [-0.3, -0.25) is 4.79 Å². The fraction of sp³-hybridized carbons (Fsp3) is 0.417. The van der Waals surface area contributed by atoms with Gasteiger partial charge in [0.15, 0.2) is 0 Å². The minimum atomic E-state index is -4.00. The highest BCUT2D eigenvalue weighted by atomic mass is 32.2. The second-order valence-corrected chi connectivity index (χ2v) is 6.48. The molecule has 1 rings (SSSR count). The number of hydrogen-bond acceptors (Lipinski definition) is 3. The summed E-state index contributed by atoms with van der Waals surface area (Å²) >= 11 is 0. The van der Waals surface area contributed by atoms with Crippen LogP contribution in [-0.2, 0) is 14.8 Å². The van der Waals surface area contributed by atoms with Crippen molar-refractivity contribution in [3.8, 4) is 0 Å². The molecule has 7 heteroatoms. The summed E-state index contributed by atoms with van der Waals surface area (Å²) in [7, 11) is -4.00. The average Bonchev–Trinajstić information content (AvgIpc) is 2.26. The van der Waals surface area contributed by atoms with Crippen molar-refractivity contribution in [2.75, 3.05) is 13.1 Å². The maximum atomic E-state index is 13.1. The molecule has 0 fully saturated rings. The van der Waals surface area contributed by atoms with Crippen LogP contribution in [0.3, 0.4) is 0 Å². The highest BCUT2D eigenvalue weighted by molar-refractivity contribution is 7.89. The van der Waals surface area contributed by atoms with Crippen molar-refractivity contribution < 1.29 is 22.7 Å². The van der Waals surface area contributed by atoms with E-state index in [1.54, 1.807) is 13.8 Å². The molecule has 1 aromatic carbocycles. The Morgan fingerprint density at radius 1 is 1.42 bits per heavy atom. The standard InChI is InChI=1S/C12H16FNO4S/c1-9(2)7-14(8-12(15)16)19(17,18)11-5-3-4-10(13)6-11/h3-6,9H,7-8H2,1-2H3,(H,15,16). The highest BCUT2D eigenvalue weighted by Gasteiger charge is 2.27. The molecule has 0 saturated carbocycles. The Hall–Kier alpha value is -1.47. The normalized spacial score (nSPS) is 12.1. The van der Waals surface area contributed by atoms with Gasteiger partial charge in [-0.15, -0.1) is 0 Å². The predicted molar refractivity (Wildman–Crippen MR) is 67.6 cm³/mol. The lowest BCUT2D eigenvalue weighted by Crippen LogP contribution is -2.38. The molecule has 0 aliphatic rings. The summed E-state index contributed by atoms with van der Waals surface area (Å²) in [5, 5.41) is 8.78. The van der Waals surface area contributed by atoms with Gasteiger partial charge in [0.25, 0.3) is 0 Å². The predicted octanol–water partition coefficient (Wildman–Crippen LogP) is 1.56. The molecule has 0 spiro atoms. The summed E-state index contributed by atoms with van der Waals surface area (Å²) < 4.78 is 38.4. The van der Waals surface area contributed by atoms with Gasteiger partial charge < -0.3 is 5.11 Å². The lowest BCUT2D eigenvalue weighted by atomic mass is 10.2. The number of nitrogens with zero attached hydrogens (tertiary/aromatic N) is 1. The molecule has 0 amide bonds. The first-order valence-electron chi connectivity index (χ1n) is 5.71. The van der Waals surface area contributed by atoms with E-state index < -0.39 is 28.4 Å². The number of carboxylic acids is 1. The number of benzene rings is 1. The van der Waals surface area contributed by atoms with Crippen LogP contribution in [0, 0.1) is 11.7 Å². The topological polar surface area (TPSA) is 74.7 Å². The smallest absolute Gasteiger partial charge is 0.318 e. The SMILES string of the molecule is CC(C)CN(CC(=O)O)S(=O)(=O)c1cccc(F)c1. The van der Waals surface area contributed by atoms with Crippen molar-refractivity contribution in [1.29, 1.82) is 0 Å². The molecule has 0 aliphatic heterocycles. The number of aliphatic carboxylic acids is 1. The van der Waals surface area contributed by atoms with Gasteiger partial charge in [0.1, 0.15) is 12.4 Å². The van der Waals surface area contributed by atoms with Gasteiger partial charge >= 0.3 is 5.97 Å². The number of hydrogen-bond donors (Lipinski definition) is 1. The second kappa shape index (κ2) is 6.12. The first-order chi connectivity index (χ1) is 8.73. The van der Waals surface area contributed by atoms with Crippen LogP contribution in [0.15, 0.2) is 29.2 Å². The summed E-state index contributed by atoms with van der Waals surface area (Å²) in [6, 6.07) is 4.53. The Bertz CT molecular complexity index is 557. The molecule has 0 unspecified atom stereocenters. The van der Waals surface area contributed by atoms with Crippen LogP contribution in [0.2, 0.25) is 0 Å². The summed E-state index contributed by atoms with van der Waals surface area (Å²) in [6.45, 7) is 2.97. The second-order valence-electron chi connectivity index (χ2n) is 4.54. The Morgan fingerprint density at radius 2 is 2.05 bits per heavy atom. The Morgan fingerprint density at radius 3 is 2.53 bits per heavy atom. The molecular formula is C12H16FNO4S. The van der Waals surface area contributed by atoms with E-state index in [4.69, 9.17) is 5.11 Å². The summed E-state index contributed by atoms with van der Waals surface area (Å²) in [5.41, 5.74) is 0. The maximum Gasteiger partial charge on any atom is 0.318 e. The van der Waals surface area contributed by atoms with E-state index >= 15 is 0 Å². The summed E-state index contributed by atoms with van der Waals surface area (Å²) in [6.07, 6.45) is 0. The van der Waals surface area contributed by atoms with E-state index in [0.29, 0.717) is 0 Å². The van der Waals surface area contributed by atoms with Crippen LogP contribution in [0.25, 0.3) is 0 Å². The van der Waals surface area contributed by atoms with Crippen LogP contribution in [0.5, 0.6) is 0 Å². The molecule has 0 atom stereocenters. The van der Waals surface area contributed by atoms with Crippen molar-refractivity contribution in [3.05, 3.63) is 30.1 Å². The molecule has 1 N–H and O–H groups in total. The number of carbonyl (C=O) groups is 1. The number of rotatable bonds is 6. The van der Waals surface area contributed by atoms with Gasteiger partial charge in [-0.25, -0.2) is 12.8 Å². The van der Waals surface area contributed by atoms with Gasteiger partial charge in [-0.2, -0.15) is 4.31 Å². The van der Waals surface area contributed by atoms with Crippen LogP contribution in [-0.4, -0.2) is 36.9 Å². The monoisotopic (exact) mass is 289 g/mol. The fourth-order valence-electron chi connectivity index (χ4n) is 1.58. The average molecular weight is 289 g/mol. The minimum absolute atomic E-state index is 0.0392. The van der Waals surface area contributed by atoms with Gasteiger partial charge in [0.05, 0.1) is 4.90 Å². The van der Waals surface area contributed by atoms with Gasteiger partial charge in [-0.1, -0.05) is 19.9 Å². The van der Waals surface area contributed by atoms with Gasteiger partial charge in [-0.05, 0) is 24.1 Å². The van der Waals surface area contributed by atoms with Crippen molar-refractivity contribution in [2.24, 2.45) is 5.92 Å². The molecule has 5 nitrogen and oxygen atoms in total. The quantitative estimate of drug-likeness (QED) is 0.862. The van der Waals surface area contributed by atoms with Crippen LogP contribution in [0.4, 0.5) is 4.39 Å². The van der Waals surface area contributed by atoms with E-state index in [1.165, 1.54) is 12.1 Å². The van der Waals surface area contributed by atoms with Crippen molar-refractivity contribution >= 4 is 16.0 Å². The van der Waals surface area contributed by atoms with Gasteiger partial charge in [0, 0.05) is 6.54 Å². The molecule has 0 saturated heterocycles. The summed E-state index contributed by atoms with van der Waals surface area (Å²) in [5.74, 6) is -1.97. The third-order valence-corrected chi connectivity index (χ3v) is 4.12. The summed E-state index contributed by atoms with van der Waals surface area (Å²) in [4.78, 5) is 10.5. The van der Waals surface area contributed by atoms with Crippen molar-refractivity contribution in [3.63, 3.8) is 0 Å². The molecule has 0 heterocycles. The molecule has 0 aromatic heterocycles. The molecular weight excluding hydrogens is 273 g/mol. The van der Waals surface area contributed by atoms with Crippen LogP contribution >= 0.6 is 0 Å². The molecule has 106 valence electrons. The minimum Gasteiger partial charge on any atom is -0.480 e. The van der Waals surface area contributed by atoms with Crippen LogP contribution < -0.4 is 0 Å². The molecule has 1 aromatic rings. The highest BCUT2D eigenvalue weighted by Crippen LogP contribution is 2.17. The fourth-order valence-corrected chi connectivity index (χ4v) is 3.17. The Balaban J connectivity index is 3.15. The Kier molecular flexibility index (Phi) is 5.02. The lowest BCUT2D eigenvalue weighted by molar-refractivity contribution is -0.137.